The first-order valence-electron chi connectivity index (χ1n) is 8.69. The summed E-state index contributed by atoms with van der Waals surface area (Å²) in [6.45, 7) is 14.1. The minimum Gasteiger partial charge on any atom is -0.366 e. The van der Waals surface area contributed by atoms with Crippen LogP contribution in [0.2, 0.25) is 0 Å². The monoisotopic (exact) mass is 322 g/mol. The lowest BCUT2D eigenvalue weighted by atomic mass is 9.86. The summed E-state index contributed by atoms with van der Waals surface area (Å²) < 4.78 is 0. The van der Waals surface area contributed by atoms with Crippen LogP contribution in [-0.4, -0.2) is 24.8 Å². The van der Waals surface area contributed by atoms with Crippen molar-refractivity contribution < 1.29 is 0 Å². The summed E-state index contributed by atoms with van der Waals surface area (Å²) in [7, 11) is 2.04. The lowest BCUT2D eigenvalue weighted by Crippen LogP contribution is -2.14. The molecular formula is C22H30N2. The van der Waals surface area contributed by atoms with Crippen molar-refractivity contribution in [3.05, 3.63) is 53.1 Å². The van der Waals surface area contributed by atoms with Gasteiger partial charge in [-0.1, -0.05) is 45.0 Å². The summed E-state index contributed by atoms with van der Waals surface area (Å²) in [5, 5.41) is 0. The van der Waals surface area contributed by atoms with E-state index >= 15 is 0 Å². The van der Waals surface area contributed by atoms with Crippen LogP contribution in [0.3, 0.4) is 0 Å². The number of hydrogen-bond acceptors (Lipinski definition) is 1. The van der Waals surface area contributed by atoms with Crippen molar-refractivity contribution in [3.63, 3.8) is 0 Å². The molecule has 0 unspecified atom stereocenters. The van der Waals surface area contributed by atoms with Crippen molar-refractivity contribution in [3.8, 4) is 11.1 Å². The molecule has 2 aromatic rings. The number of aliphatic imine (C=N–C) groups is 1. The molecule has 0 fully saturated rings. The van der Waals surface area contributed by atoms with Crippen LogP contribution >= 0.6 is 0 Å². The highest BCUT2D eigenvalue weighted by Gasteiger charge is 2.13. The predicted octanol–water partition coefficient (Wildman–Crippen LogP) is 5.88. The van der Waals surface area contributed by atoms with Gasteiger partial charge < -0.3 is 4.90 Å². The van der Waals surface area contributed by atoms with Crippen LogP contribution in [-0.2, 0) is 5.41 Å². The molecule has 0 bridgehead atoms. The van der Waals surface area contributed by atoms with Crippen LogP contribution in [0.25, 0.3) is 11.1 Å². The Morgan fingerprint density at radius 1 is 1.00 bits per heavy atom. The van der Waals surface area contributed by atoms with Gasteiger partial charge in [0.1, 0.15) is 0 Å². The normalized spacial score (nSPS) is 12.0. The van der Waals surface area contributed by atoms with E-state index in [1.54, 1.807) is 0 Å². The molecule has 0 heterocycles. The Hall–Kier alpha value is -2.09. The van der Waals surface area contributed by atoms with Crippen LogP contribution in [0.1, 0.15) is 44.4 Å². The van der Waals surface area contributed by atoms with Gasteiger partial charge in [-0.25, -0.2) is 4.99 Å². The van der Waals surface area contributed by atoms with Gasteiger partial charge in [0.05, 0.1) is 12.0 Å². The van der Waals surface area contributed by atoms with Gasteiger partial charge >= 0.3 is 0 Å². The Morgan fingerprint density at radius 3 is 2.17 bits per heavy atom. The van der Waals surface area contributed by atoms with Crippen LogP contribution < -0.4 is 0 Å². The fourth-order valence-electron chi connectivity index (χ4n) is 2.64. The zero-order valence-corrected chi connectivity index (χ0v) is 16.1. The smallest absolute Gasteiger partial charge is 0.0909 e. The Balaban J connectivity index is 2.35. The van der Waals surface area contributed by atoms with E-state index in [2.05, 4.69) is 87.8 Å². The molecule has 2 aromatic carbocycles. The number of nitrogens with zero attached hydrogens (tertiary/aromatic N) is 2. The van der Waals surface area contributed by atoms with Crippen LogP contribution in [0.4, 0.5) is 5.69 Å². The molecule has 0 aliphatic heterocycles. The molecule has 0 radical (unpaired) electrons. The Bertz CT molecular complexity index is 719. The van der Waals surface area contributed by atoms with E-state index in [4.69, 9.17) is 0 Å². The molecule has 0 aromatic heterocycles. The van der Waals surface area contributed by atoms with Gasteiger partial charge in [-0.05, 0) is 66.1 Å². The second-order valence-electron chi connectivity index (χ2n) is 7.60. The van der Waals surface area contributed by atoms with Gasteiger partial charge in [0, 0.05) is 13.6 Å². The summed E-state index contributed by atoms with van der Waals surface area (Å²) >= 11 is 0. The van der Waals surface area contributed by atoms with E-state index in [0.717, 1.165) is 12.2 Å². The van der Waals surface area contributed by atoms with Gasteiger partial charge in [-0.3, -0.25) is 0 Å². The summed E-state index contributed by atoms with van der Waals surface area (Å²) in [6, 6.07) is 13.4. The highest BCUT2D eigenvalue weighted by Crippen LogP contribution is 2.32. The molecule has 0 saturated heterocycles. The van der Waals surface area contributed by atoms with E-state index in [1.165, 1.54) is 27.8 Å². The SMILES string of the molecule is CCN(C)C=Nc1cc(C)c(-c2ccc(C(C)(C)C)cc2)cc1C. The summed E-state index contributed by atoms with van der Waals surface area (Å²) in [5.41, 5.74) is 7.62. The molecular weight excluding hydrogens is 292 g/mol. The second kappa shape index (κ2) is 7.21. The minimum absolute atomic E-state index is 0.188. The van der Waals surface area contributed by atoms with Crippen LogP contribution in [0, 0.1) is 13.8 Å². The molecule has 2 rings (SSSR count). The second-order valence-corrected chi connectivity index (χ2v) is 7.60. The first-order valence-corrected chi connectivity index (χ1v) is 8.69. The molecule has 2 nitrogen and oxygen atoms in total. The van der Waals surface area contributed by atoms with E-state index in [-0.39, 0.29) is 5.41 Å². The van der Waals surface area contributed by atoms with E-state index in [9.17, 15) is 0 Å². The van der Waals surface area contributed by atoms with Gasteiger partial charge in [-0.2, -0.15) is 0 Å². The average molecular weight is 322 g/mol. The molecule has 2 heteroatoms. The zero-order valence-electron chi connectivity index (χ0n) is 16.1. The van der Waals surface area contributed by atoms with Crippen molar-refractivity contribution >= 4 is 12.0 Å². The van der Waals surface area contributed by atoms with Crippen molar-refractivity contribution in [2.45, 2.75) is 47.0 Å². The van der Waals surface area contributed by atoms with Crippen LogP contribution in [0.15, 0.2) is 41.4 Å². The lowest BCUT2D eigenvalue weighted by Gasteiger charge is -2.19. The number of rotatable bonds is 4. The average Bonchev–Trinajstić information content (AvgIpc) is 2.54. The van der Waals surface area contributed by atoms with Crippen molar-refractivity contribution in [2.75, 3.05) is 13.6 Å². The predicted molar refractivity (Wildman–Crippen MR) is 107 cm³/mol. The largest absolute Gasteiger partial charge is 0.366 e. The molecule has 0 saturated carbocycles. The number of hydrogen-bond donors (Lipinski definition) is 0. The third-order valence-corrected chi connectivity index (χ3v) is 4.50. The molecule has 0 aliphatic rings. The summed E-state index contributed by atoms with van der Waals surface area (Å²) in [5.74, 6) is 0. The Kier molecular flexibility index (Phi) is 5.48. The van der Waals surface area contributed by atoms with Crippen molar-refractivity contribution in [2.24, 2.45) is 4.99 Å². The van der Waals surface area contributed by atoms with Gasteiger partial charge in [0.15, 0.2) is 0 Å². The van der Waals surface area contributed by atoms with Crippen molar-refractivity contribution in [1.82, 2.24) is 4.90 Å². The molecule has 24 heavy (non-hydrogen) atoms. The highest BCUT2D eigenvalue weighted by molar-refractivity contribution is 5.73. The molecule has 0 amide bonds. The van der Waals surface area contributed by atoms with Gasteiger partial charge in [0.25, 0.3) is 0 Å². The molecule has 128 valence electrons. The number of benzene rings is 2. The fourth-order valence-corrected chi connectivity index (χ4v) is 2.64. The van der Waals surface area contributed by atoms with Gasteiger partial charge in [0.2, 0.25) is 0 Å². The Morgan fingerprint density at radius 2 is 1.62 bits per heavy atom. The fraction of sp³-hybridized carbons (Fsp3) is 0.409. The molecule has 0 N–H and O–H groups in total. The van der Waals surface area contributed by atoms with E-state index in [0.29, 0.717) is 0 Å². The third kappa shape index (κ3) is 4.25. The lowest BCUT2D eigenvalue weighted by molar-refractivity contribution is 0.552. The molecule has 0 aliphatic carbocycles. The zero-order chi connectivity index (χ0) is 17.9. The van der Waals surface area contributed by atoms with Gasteiger partial charge in [-0.15, -0.1) is 0 Å². The molecule has 0 spiro atoms. The minimum atomic E-state index is 0.188. The summed E-state index contributed by atoms with van der Waals surface area (Å²) in [6.07, 6.45) is 1.90. The third-order valence-electron chi connectivity index (χ3n) is 4.50. The quantitative estimate of drug-likeness (QED) is 0.507. The van der Waals surface area contributed by atoms with E-state index in [1.807, 2.05) is 13.4 Å². The maximum absolute atomic E-state index is 4.62. The Labute approximate surface area is 147 Å². The molecule has 0 atom stereocenters. The highest BCUT2D eigenvalue weighted by atomic mass is 15.1. The van der Waals surface area contributed by atoms with Crippen LogP contribution in [0.5, 0.6) is 0 Å². The maximum Gasteiger partial charge on any atom is 0.0909 e. The van der Waals surface area contributed by atoms with Crippen molar-refractivity contribution in [1.29, 1.82) is 0 Å². The maximum atomic E-state index is 4.62. The van der Waals surface area contributed by atoms with E-state index < -0.39 is 0 Å². The first-order chi connectivity index (χ1) is 11.2. The standard InChI is InChI=1S/C22H30N2/c1-8-24(7)15-23-21-14-16(2)20(13-17(21)3)18-9-11-19(12-10-18)22(4,5)6/h9-15H,8H2,1-7H3. The first kappa shape index (κ1) is 18.3. The summed E-state index contributed by atoms with van der Waals surface area (Å²) in [4.78, 5) is 6.70. The topological polar surface area (TPSA) is 15.6 Å². The number of aryl methyl sites for hydroxylation is 2.